The highest BCUT2D eigenvalue weighted by Crippen LogP contribution is 2.15. The molecule has 0 spiro atoms. The molecule has 1 saturated heterocycles. The Labute approximate surface area is 96.3 Å². The summed E-state index contributed by atoms with van der Waals surface area (Å²) >= 11 is 0. The molecule has 5 nitrogen and oxygen atoms in total. The number of amides is 2. The topological polar surface area (TPSA) is 49.9 Å². The second kappa shape index (κ2) is 5.72. The third kappa shape index (κ3) is 3.40. The van der Waals surface area contributed by atoms with Gasteiger partial charge < -0.3 is 14.5 Å². The summed E-state index contributed by atoms with van der Waals surface area (Å²) in [5.41, 5.74) is 0. The molecule has 0 aromatic carbocycles. The number of hydrogen-bond donors (Lipinski definition) is 0. The standard InChI is InChI=1S/C11H20N2O3/c1-9-4-6-13(7-5-9)10(14)8-12(2)11(15)16-3/h9H,4-8H2,1-3H3. The zero-order valence-electron chi connectivity index (χ0n) is 10.2. The van der Waals surface area contributed by atoms with Crippen molar-refractivity contribution in [2.45, 2.75) is 19.8 Å². The number of methoxy groups -OCH3 is 1. The van der Waals surface area contributed by atoms with Crippen molar-refractivity contribution in [2.24, 2.45) is 5.92 Å². The highest BCUT2D eigenvalue weighted by molar-refractivity contribution is 5.82. The maximum Gasteiger partial charge on any atom is 0.409 e. The molecular formula is C11H20N2O3. The van der Waals surface area contributed by atoms with Gasteiger partial charge in [-0.15, -0.1) is 0 Å². The molecule has 16 heavy (non-hydrogen) atoms. The molecule has 1 rings (SSSR count). The Morgan fingerprint density at radius 1 is 1.38 bits per heavy atom. The molecule has 0 aliphatic carbocycles. The second-order valence-corrected chi connectivity index (χ2v) is 4.39. The van der Waals surface area contributed by atoms with E-state index in [2.05, 4.69) is 11.7 Å². The lowest BCUT2D eigenvalue weighted by Crippen LogP contribution is -2.44. The molecule has 1 fully saturated rings. The quantitative estimate of drug-likeness (QED) is 0.707. The van der Waals surface area contributed by atoms with Crippen molar-refractivity contribution in [2.75, 3.05) is 33.8 Å². The van der Waals surface area contributed by atoms with Crippen LogP contribution in [0.2, 0.25) is 0 Å². The fourth-order valence-electron chi connectivity index (χ4n) is 1.78. The van der Waals surface area contributed by atoms with Gasteiger partial charge in [-0.05, 0) is 18.8 Å². The van der Waals surface area contributed by atoms with E-state index in [1.807, 2.05) is 4.90 Å². The number of rotatable bonds is 2. The lowest BCUT2D eigenvalue weighted by atomic mass is 9.99. The summed E-state index contributed by atoms with van der Waals surface area (Å²) in [4.78, 5) is 26.0. The lowest BCUT2D eigenvalue weighted by molar-refractivity contribution is -0.133. The first-order chi connectivity index (χ1) is 7.54. The van der Waals surface area contributed by atoms with E-state index in [1.165, 1.54) is 12.0 Å². The highest BCUT2D eigenvalue weighted by atomic mass is 16.5. The molecule has 1 aliphatic rings. The Morgan fingerprint density at radius 2 is 1.94 bits per heavy atom. The molecular weight excluding hydrogens is 208 g/mol. The summed E-state index contributed by atoms with van der Waals surface area (Å²) in [6, 6.07) is 0. The van der Waals surface area contributed by atoms with Gasteiger partial charge in [0, 0.05) is 20.1 Å². The largest absolute Gasteiger partial charge is 0.453 e. The monoisotopic (exact) mass is 228 g/mol. The van der Waals surface area contributed by atoms with Crippen molar-refractivity contribution in [3.8, 4) is 0 Å². The van der Waals surface area contributed by atoms with Crippen LogP contribution in [0.1, 0.15) is 19.8 Å². The summed E-state index contributed by atoms with van der Waals surface area (Å²) in [6.07, 6.45) is 1.63. The van der Waals surface area contributed by atoms with Crippen LogP contribution >= 0.6 is 0 Å². The average Bonchev–Trinajstić information content (AvgIpc) is 2.28. The Bertz CT molecular complexity index is 260. The predicted octanol–water partition coefficient (Wildman–Crippen LogP) is 0.943. The number of piperidine rings is 1. The summed E-state index contributed by atoms with van der Waals surface area (Å²) in [6.45, 7) is 3.90. The molecule has 92 valence electrons. The molecule has 0 aromatic rings. The molecule has 1 heterocycles. The van der Waals surface area contributed by atoms with E-state index in [9.17, 15) is 9.59 Å². The normalized spacial score (nSPS) is 17.1. The summed E-state index contributed by atoms with van der Waals surface area (Å²) < 4.78 is 4.53. The van der Waals surface area contributed by atoms with Crippen LogP contribution < -0.4 is 0 Å². The Kier molecular flexibility index (Phi) is 4.58. The average molecular weight is 228 g/mol. The van der Waals surface area contributed by atoms with Crippen LogP contribution in [0.15, 0.2) is 0 Å². The van der Waals surface area contributed by atoms with Crippen LogP contribution in [0.4, 0.5) is 4.79 Å². The Morgan fingerprint density at radius 3 is 2.44 bits per heavy atom. The SMILES string of the molecule is COC(=O)N(C)CC(=O)N1CCC(C)CC1. The first-order valence-corrected chi connectivity index (χ1v) is 5.61. The molecule has 0 N–H and O–H groups in total. The summed E-state index contributed by atoms with van der Waals surface area (Å²) in [5.74, 6) is 0.696. The van der Waals surface area contributed by atoms with Crippen molar-refractivity contribution in [1.29, 1.82) is 0 Å². The number of carbonyl (C=O) groups excluding carboxylic acids is 2. The molecule has 0 saturated carbocycles. The number of likely N-dealkylation sites (tertiary alicyclic amines) is 1. The van der Waals surface area contributed by atoms with E-state index in [0.29, 0.717) is 5.92 Å². The number of nitrogens with zero attached hydrogens (tertiary/aromatic N) is 2. The van der Waals surface area contributed by atoms with Crippen molar-refractivity contribution >= 4 is 12.0 Å². The second-order valence-electron chi connectivity index (χ2n) is 4.39. The fraction of sp³-hybridized carbons (Fsp3) is 0.818. The van der Waals surface area contributed by atoms with Gasteiger partial charge in [-0.2, -0.15) is 0 Å². The van der Waals surface area contributed by atoms with Crippen LogP contribution in [0.3, 0.4) is 0 Å². The lowest BCUT2D eigenvalue weighted by Gasteiger charge is -2.31. The maximum absolute atomic E-state index is 11.8. The molecule has 0 aromatic heterocycles. The van der Waals surface area contributed by atoms with Crippen molar-refractivity contribution in [1.82, 2.24) is 9.80 Å². The minimum absolute atomic E-state index is 0.000185. The van der Waals surface area contributed by atoms with Gasteiger partial charge >= 0.3 is 6.09 Å². The minimum atomic E-state index is -0.473. The first kappa shape index (κ1) is 12.8. The smallest absolute Gasteiger partial charge is 0.409 e. The number of ether oxygens (including phenoxy) is 1. The van der Waals surface area contributed by atoms with Gasteiger partial charge in [-0.25, -0.2) is 4.79 Å². The zero-order chi connectivity index (χ0) is 12.1. The van der Waals surface area contributed by atoms with Crippen molar-refractivity contribution in [3.05, 3.63) is 0 Å². The summed E-state index contributed by atoms with van der Waals surface area (Å²) in [5, 5.41) is 0. The molecule has 0 unspecified atom stereocenters. The molecule has 2 amide bonds. The highest BCUT2D eigenvalue weighted by Gasteiger charge is 2.22. The Balaban J connectivity index is 2.37. The molecule has 0 atom stereocenters. The zero-order valence-corrected chi connectivity index (χ0v) is 10.2. The molecule has 0 radical (unpaired) electrons. The van der Waals surface area contributed by atoms with Gasteiger partial charge in [0.15, 0.2) is 0 Å². The van der Waals surface area contributed by atoms with Gasteiger partial charge in [-0.3, -0.25) is 4.79 Å². The van der Waals surface area contributed by atoms with E-state index < -0.39 is 6.09 Å². The fourth-order valence-corrected chi connectivity index (χ4v) is 1.78. The maximum atomic E-state index is 11.8. The van der Waals surface area contributed by atoms with Crippen LogP contribution in [0.5, 0.6) is 0 Å². The van der Waals surface area contributed by atoms with Crippen LogP contribution in [-0.4, -0.2) is 55.6 Å². The van der Waals surface area contributed by atoms with Crippen LogP contribution in [0, 0.1) is 5.92 Å². The third-order valence-electron chi connectivity index (χ3n) is 3.00. The molecule has 5 heteroatoms. The first-order valence-electron chi connectivity index (χ1n) is 5.61. The van der Waals surface area contributed by atoms with Crippen molar-refractivity contribution < 1.29 is 14.3 Å². The number of likely N-dealkylation sites (N-methyl/N-ethyl adjacent to an activating group) is 1. The van der Waals surface area contributed by atoms with Crippen molar-refractivity contribution in [3.63, 3.8) is 0 Å². The molecule has 1 aliphatic heterocycles. The number of carbonyl (C=O) groups is 2. The Hall–Kier alpha value is -1.26. The van der Waals surface area contributed by atoms with Gasteiger partial charge in [-0.1, -0.05) is 6.92 Å². The van der Waals surface area contributed by atoms with E-state index in [1.54, 1.807) is 7.05 Å². The van der Waals surface area contributed by atoms with E-state index in [0.717, 1.165) is 25.9 Å². The van der Waals surface area contributed by atoms with Crippen LogP contribution in [-0.2, 0) is 9.53 Å². The van der Waals surface area contributed by atoms with Crippen LogP contribution in [0.25, 0.3) is 0 Å². The van der Waals surface area contributed by atoms with Gasteiger partial charge in [0.05, 0.1) is 7.11 Å². The van der Waals surface area contributed by atoms with E-state index in [4.69, 9.17) is 0 Å². The predicted molar refractivity (Wildman–Crippen MR) is 60.0 cm³/mol. The summed E-state index contributed by atoms with van der Waals surface area (Å²) in [7, 11) is 2.88. The minimum Gasteiger partial charge on any atom is -0.453 e. The van der Waals surface area contributed by atoms with E-state index >= 15 is 0 Å². The third-order valence-corrected chi connectivity index (χ3v) is 3.00. The van der Waals surface area contributed by atoms with Gasteiger partial charge in [0.2, 0.25) is 5.91 Å². The van der Waals surface area contributed by atoms with Gasteiger partial charge in [0.25, 0.3) is 0 Å². The number of hydrogen-bond acceptors (Lipinski definition) is 3. The van der Waals surface area contributed by atoms with E-state index in [-0.39, 0.29) is 12.5 Å². The molecule has 0 bridgehead atoms. The van der Waals surface area contributed by atoms with Gasteiger partial charge in [0.1, 0.15) is 6.54 Å².